The van der Waals surface area contributed by atoms with E-state index >= 15 is 0 Å². The Labute approximate surface area is 207 Å². The number of halogens is 1. The van der Waals surface area contributed by atoms with Gasteiger partial charge in [0.05, 0.1) is 36.2 Å². The van der Waals surface area contributed by atoms with Crippen molar-refractivity contribution in [3.05, 3.63) is 57.2 Å². The number of aromatic nitrogens is 4. The van der Waals surface area contributed by atoms with Crippen molar-refractivity contribution in [2.45, 2.75) is 38.1 Å². The second kappa shape index (κ2) is 10.8. The van der Waals surface area contributed by atoms with E-state index in [0.717, 1.165) is 10.2 Å². The highest BCUT2D eigenvalue weighted by Crippen LogP contribution is 2.24. The van der Waals surface area contributed by atoms with Gasteiger partial charge in [-0.05, 0) is 31.2 Å². The summed E-state index contributed by atoms with van der Waals surface area (Å²) < 4.78 is 12.5. The Hall–Kier alpha value is -3.16. The highest BCUT2D eigenvalue weighted by Gasteiger charge is 2.52. The molecule has 3 atom stereocenters. The predicted molar refractivity (Wildman–Crippen MR) is 124 cm³/mol. The predicted octanol–water partition coefficient (Wildman–Crippen LogP) is 1.16. The van der Waals surface area contributed by atoms with Gasteiger partial charge in [-0.2, -0.15) is 0 Å². The lowest BCUT2D eigenvalue weighted by Gasteiger charge is -2.17. The van der Waals surface area contributed by atoms with Crippen LogP contribution in [0.4, 0.5) is 0 Å². The number of nitrogens with one attached hydrogen (secondary N) is 2. The number of benzene rings is 1. The molecule has 3 aromatic rings. The first kappa shape index (κ1) is 24.0. The highest BCUT2D eigenvalue weighted by atomic mass is 79.9. The molecule has 34 heavy (non-hydrogen) atoms. The van der Waals surface area contributed by atoms with E-state index in [0.29, 0.717) is 11.4 Å². The molecule has 1 aliphatic rings. The fourth-order valence-electron chi connectivity index (χ4n) is 3.13. The third-order valence-electron chi connectivity index (χ3n) is 4.87. The molecule has 0 aliphatic carbocycles. The van der Waals surface area contributed by atoms with E-state index in [1.807, 2.05) is 24.3 Å². The molecule has 0 radical (unpaired) electrons. The van der Waals surface area contributed by atoms with Crippen LogP contribution in [0.2, 0.25) is 0 Å². The molecular weight excluding hydrogens is 528 g/mol. The van der Waals surface area contributed by atoms with Gasteiger partial charge in [-0.15, -0.1) is 16.4 Å². The summed E-state index contributed by atoms with van der Waals surface area (Å²) in [6.07, 6.45) is -0.0321. The number of rotatable bonds is 10. The molecule has 1 saturated heterocycles. The molecular formula is C21H21BrN6O5S. The fraction of sp³-hybridized carbons (Fsp3) is 0.333. The van der Waals surface area contributed by atoms with Gasteiger partial charge < -0.3 is 20.1 Å². The Morgan fingerprint density at radius 3 is 2.74 bits per heavy atom. The minimum absolute atomic E-state index is 0.115. The zero-order valence-corrected chi connectivity index (χ0v) is 20.4. The van der Waals surface area contributed by atoms with Crippen molar-refractivity contribution in [1.29, 1.82) is 0 Å². The maximum absolute atomic E-state index is 12.9. The van der Waals surface area contributed by atoms with Crippen LogP contribution in [0.5, 0.6) is 0 Å². The molecule has 178 valence electrons. The van der Waals surface area contributed by atoms with Crippen LogP contribution in [-0.4, -0.2) is 62.6 Å². The van der Waals surface area contributed by atoms with Gasteiger partial charge in [0, 0.05) is 16.3 Å². The summed E-state index contributed by atoms with van der Waals surface area (Å²) >= 11 is 4.78. The van der Waals surface area contributed by atoms with Crippen LogP contribution in [0.1, 0.15) is 18.3 Å². The van der Waals surface area contributed by atoms with Crippen molar-refractivity contribution in [3.63, 3.8) is 0 Å². The largest absolute Gasteiger partial charge is 0.464 e. The molecule has 2 aromatic heterocycles. The summed E-state index contributed by atoms with van der Waals surface area (Å²) in [5.74, 6) is -1.58. The van der Waals surface area contributed by atoms with Crippen LogP contribution in [0.25, 0.3) is 5.69 Å². The van der Waals surface area contributed by atoms with Crippen molar-refractivity contribution in [3.8, 4) is 5.69 Å². The minimum Gasteiger partial charge on any atom is -0.464 e. The number of thiazole rings is 1. The van der Waals surface area contributed by atoms with E-state index in [-0.39, 0.29) is 19.6 Å². The average Bonchev–Trinajstić information content (AvgIpc) is 3.21. The van der Waals surface area contributed by atoms with E-state index in [9.17, 15) is 14.4 Å². The SMILES string of the molecule is CCOC(=O)[C@H]1O[C@@H]1C(=O)N[C@@H](Cc1cscn1)C(=O)NCc1cn(-c2ccc(Br)cc2)nn1. The number of ether oxygens (including phenoxy) is 2. The van der Waals surface area contributed by atoms with Crippen molar-refractivity contribution >= 4 is 45.1 Å². The molecule has 4 rings (SSSR count). The quantitative estimate of drug-likeness (QED) is 0.284. The lowest BCUT2D eigenvalue weighted by atomic mass is 10.1. The van der Waals surface area contributed by atoms with Crippen molar-refractivity contribution in [2.75, 3.05) is 6.61 Å². The smallest absolute Gasteiger partial charge is 0.338 e. The number of amides is 2. The van der Waals surface area contributed by atoms with Crippen LogP contribution in [0.3, 0.4) is 0 Å². The lowest BCUT2D eigenvalue weighted by Crippen LogP contribution is -2.49. The Bertz CT molecular complexity index is 1150. The van der Waals surface area contributed by atoms with Crippen LogP contribution in [0, 0.1) is 0 Å². The maximum atomic E-state index is 12.9. The van der Waals surface area contributed by atoms with E-state index in [2.05, 4.69) is 41.9 Å². The maximum Gasteiger partial charge on any atom is 0.338 e. The monoisotopic (exact) mass is 548 g/mol. The Kier molecular flexibility index (Phi) is 7.65. The summed E-state index contributed by atoms with van der Waals surface area (Å²) in [4.78, 5) is 41.4. The summed E-state index contributed by atoms with van der Waals surface area (Å²) in [6, 6.07) is 6.62. The lowest BCUT2D eigenvalue weighted by molar-refractivity contribution is -0.144. The first-order chi connectivity index (χ1) is 16.4. The first-order valence-corrected chi connectivity index (χ1v) is 12.1. The Balaban J connectivity index is 1.36. The summed E-state index contributed by atoms with van der Waals surface area (Å²) in [6.45, 7) is 1.97. The van der Waals surface area contributed by atoms with Crippen LogP contribution in [0.15, 0.2) is 45.8 Å². The standard InChI is InChI=1S/C21H21BrN6O5S/c1-2-32-21(31)18-17(33-18)20(30)25-16(7-13-10-34-11-24-13)19(29)23-8-14-9-28(27-26-14)15-5-3-12(22)4-6-15/h3-6,9-11,16-18H,2,7-8H2,1H3,(H,23,29)(H,25,30)/t16-,17-,18-/m0/s1. The third kappa shape index (κ3) is 6.04. The third-order valence-corrected chi connectivity index (χ3v) is 6.04. The molecule has 13 heteroatoms. The molecule has 0 bridgehead atoms. The average molecular weight is 549 g/mol. The summed E-state index contributed by atoms with van der Waals surface area (Å²) in [5, 5.41) is 15.4. The van der Waals surface area contributed by atoms with Crippen molar-refractivity contribution in [2.24, 2.45) is 0 Å². The number of epoxide rings is 1. The van der Waals surface area contributed by atoms with Gasteiger partial charge in [-0.3, -0.25) is 9.59 Å². The Morgan fingerprint density at radius 2 is 2.03 bits per heavy atom. The summed E-state index contributed by atoms with van der Waals surface area (Å²) in [5.41, 5.74) is 3.67. The molecule has 1 fully saturated rings. The van der Waals surface area contributed by atoms with Gasteiger partial charge in [0.2, 0.25) is 5.91 Å². The molecule has 0 spiro atoms. The second-order valence-electron chi connectivity index (χ2n) is 7.32. The number of carbonyl (C=O) groups excluding carboxylic acids is 3. The van der Waals surface area contributed by atoms with Gasteiger partial charge in [-0.25, -0.2) is 14.5 Å². The molecule has 2 N–H and O–H groups in total. The fourth-order valence-corrected chi connectivity index (χ4v) is 3.96. The second-order valence-corrected chi connectivity index (χ2v) is 8.96. The van der Waals surface area contributed by atoms with E-state index in [4.69, 9.17) is 9.47 Å². The highest BCUT2D eigenvalue weighted by molar-refractivity contribution is 9.10. The van der Waals surface area contributed by atoms with E-state index < -0.39 is 36.0 Å². The van der Waals surface area contributed by atoms with Gasteiger partial charge in [0.25, 0.3) is 5.91 Å². The molecule has 11 nitrogen and oxygen atoms in total. The molecule has 0 unspecified atom stereocenters. The van der Waals surface area contributed by atoms with Gasteiger partial charge in [-0.1, -0.05) is 21.1 Å². The number of hydrogen-bond donors (Lipinski definition) is 2. The molecule has 3 heterocycles. The summed E-state index contributed by atoms with van der Waals surface area (Å²) in [7, 11) is 0. The number of nitrogens with zero attached hydrogens (tertiary/aromatic N) is 4. The number of esters is 1. The zero-order valence-electron chi connectivity index (χ0n) is 18.0. The van der Waals surface area contributed by atoms with Crippen molar-refractivity contribution < 1.29 is 23.9 Å². The van der Waals surface area contributed by atoms with E-state index in [1.165, 1.54) is 11.3 Å². The van der Waals surface area contributed by atoms with Crippen LogP contribution < -0.4 is 10.6 Å². The molecule has 2 amide bonds. The van der Waals surface area contributed by atoms with Gasteiger partial charge in [0.1, 0.15) is 11.7 Å². The van der Waals surface area contributed by atoms with Gasteiger partial charge >= 0.3 is 5.97 Å². The normalized spacial score (nSPS) is 17.6. The molecule has 0 saturated carbocycles. The van der Waals surface area contributed by atoms with Crippen LogP contribution >= 0.6 is 27.3 Å². The van der Waals surface area contributed by atoms with E-state index in [1.54, 1.807) is 28.7 Å². The van der Waals surface area contributed by atoms with Gasteiger partial charge in [0.15, 0.2) is 12.2 Å². The Morgan fingerprint density at radius 1 is 1.24 bits per heavy atom. The number of hydrogen-bond acceptors (Lipinski definition) is 9. The minimum atomic E-state index is -0.976. The number of carbonyl (C=O) groups is 3. The molecule has 1 aliphatic heterocycles. The van der Waals surface area contributed by atoms with Crippen LogP contribution in [-0.2, 0) is 36.8 Å². The van der Waals surface area contributed by atoms with Crippen molar-refractivity contribution in [1.82, 2.24) is 30.6 Å². The zero-order chi connectivity index (χ0) is 24.1. The molecule has 1 aromatic carbocycles. The topological polar surface area (TPSA) is 141 Å². The first-order valence-electron chi connectivity index (χ1n) is 10.4.